The van der Waals surface area contributed by atoms with Gasteiger partial charge in [-0.2, -0.15) is 19.8 Å². The molecule has 1 saturated carbocycles. The van der Waals surface area contributed by atoms with Crippen molar-refractivity contribution in [3.63, 3.8) is 0 Å². The van der Waals surface area contributed by atoms with Gasteiger partial charge in [0, 0.05) is 50.2 Å². The Morgan fingerprint density at radius 2 is 1.77 bits per heavy atom. The van der Waals surface area contributed by atoms with Crippen LogP contribution in [0.4, 0.5) is 17.3 Å². The van der Waals surface area contributed by atoms with Gasteiger partial charge in [0.05, 0.1) is 22.6 Å². The first-order valence-corrected chi connectivity index (χ1v) is 14.5. The highest BCUT2D eigenvalue weighted by Crippen LogP contribution is 2.33. The molecule has 10 nitrogen and oxygen atoms in total. The van der Waals surface area contributed by atoms with Crippen LogP contribution in [0.2, 0.25) is 0 Å². The highest BCUT2D eigenvalue weighted by atomic mass is 32.2. The van der Waals surface area contributed by atoms with E-state index in [1.807, 2.05) is 44.2 Å². The fraction of sp³-hybridized carbons (Fsp3) is 0.310. The third-order valence-electron chi connectivity index (χ3n) is 6.93. The Morgan fingerprint density at radius 1 is 1.05 bits per heavy atom. The SMILES string of the molecule is Cc1cc(/C=C/C#N)cc(C)c1Oc1ccnc(Nc2ccc(N3CCN(S(=O)(=O)C4CC4)CC3)c(C#N)c2)n1. The molecule has 1 N–H and O–H groups in total. The minimum atomic E-state index is -3.19. The van der Waals surface area contributed by atoms with E-state index in [2.05, 4.69) is 26.3 Å². The first-order chi connectivity index (χ1) is 19.3. The molecule has 11 heteroatoms. The predicted octanol–water partition coefficient (Wildman–Crippen LogP) is 4.65. The van der Waals surface area contributed by atoms with Crippen molar-refractivity contribution >= 4 is 33.4 Å². The number of aromatic nitrogens is 2. The molecule has 1 aliphatic heterocycles. The summed E-state index contributed by atoms with van der Waals surface area (Å²) in [6.07, 6.45) is 6.28. The van der Waals surface area contributed by atoms with Crippen LogP contribution in [0.1, 0.15) is 35.1 Å². The molecule has 2 aromatic carbocycles. The van der Waals surface area contributed by atoms with Crippen LogP contribution in [0.15, 0.2) is 48.7 Å². The first-order valence-electron chi connectivity index (χ1n) is 13.0. The molecule has 0 radical (unpaired) electrons. The Balaban J connectivity index is 1.27. The third-order valence-corrected chi connectivity index (χ3v) is 9.33. The van der Waals surface area contributed by atoms with Crippen LogP contribution in [0, 0.1) is 36.5 Å². The van der Waals surface area contributed by atoms with Gasteiger partial charge in [-0.15, -0.1) is 0 Å². The van der Waals surface area contributed by atoms with Gasteiger partial charge in [0.15, 0.2) is 0 Å². The van der Waals surface area contributed by atoms with E-state index in [0.717, 1.165) is 35.2 Å². The molecule has 0 atom stereocenters. The topological polar surface area (TPSA) is 135 Å². The number of anilines is 3. The highest BCUT2D eigenvalue weighted by molar-refractivity contribution is 7.90. The Morgan fingerprint density at radius 3 is 2.42 bits per heavy atom. The van der Waals surface area contributed by atoms with Crippen LogP contribution in [-0.2, 0) is 10.0 Å². The van der Waals surface area contributed by atoms with Gasteiger partial charge in [0.25, 0.3) is 0 Å². The van der Waals surface area contributed by atoms with Gasteiger partial charge in [-0.05, 0) is 79.8 Å². The van der Waals surface area contributed by atoms with E-state index in [4.69, 9.17) is 10.00 Å². The summed E-state index contributed by atoms with van der Waals surface area (Å²) < 4.78 is 32.8. The van der Waals surface area contributed by atoms with E-state index in [9.17, 15) is 13.7 Å². The molecule has 1 aromatic heterocycles. The van der Waals surface area contributed by atoms with Crippen molar-refractivity contribution in [3.05, 3.63) is 70.9 Å². The molecule has 0 spiro atoms. The molecule has 5 rings (SSSR count). The van der Waals surface area contributed by atoms with Crippen LogP contribution in [0.25, 0.3) is 6.08 Å². The van der Waals surface area contributed by atoms with Crippen molar-refractivity contribution in [2.45, 2.75) is 31.9 Å². The lowest BCUT2D eigenvalue weighted by Gasteiger charge is -2.35. The van der Waals surface area contributed by atoms with Crippen molar-refractivity contribution in [1.29, 1.82) is 10.5 Å². The summed E-state index contributed by atoms with van der Waals surface area (Å²) in [5, 5.41) is 21.6. The standard InChI is InChI=1S/C29H29N7O3S/c1-20-16-22(4-3-10-30)17-21(2)28(20)39-27-9-11-32-29(34-27)33-24-5-8-26(23(18-24)19-31)35-12-14-36(15-13-35)40(37,38)25-6-7-25/h3-5,8-9,11,16-18,25H,6-7,12-15H2,1-2H3,(H,32,33,34)/b4-3+. The largest absolute Gasteiger partial charge is 0.438 e. The zero-order valence-corrected chi connectivity index (χ0v) is 23.1. The molecule has 3 aromatic rings. The van der Waals surface area contributed by atoms with Gasteiger partial charge in [-0.3, -0.25) is 0 Å². The minimum absolute atomic E-state index is 0.212. The zero-order chi connectivity index (χ0) is 28.3. The number of nitrogens with zero attached hydrogens (tertiary/aromatic N) is 6. The lowest BCUT2D eigenvalue weighted by atomic mass is 10.1. The Bertz CT molecular complexity index is 1620. The van der Waals surface area contributed by atoms with Crippen molar-refractivity contribution < 1.29 is 13.2 Å². The number of hydrogen-bond acceptors (Lipinski definition) is 9. The second kappa shape index (κ2) is 11.3. The molecular weight excluding hydrogens is 526 g/mol. The fourth-order valence-corrected chi connectivity index (χ4v) is 6.63. The Labute approximate surface area is 234 Å². The molecule has 0 unspecified atom stereocenters. The van der Waals surface area contributed by atoms with Gasteiger partial charge >= 0.3 is 0 Å². The summed E-state index contributed by atoms with van der Waals surface area (Å²) in [4.78, 5) is 10.8. The van der Waals surface area contributed by atoms with E-state index in [1.165, 1.54) is 6.08 Å². The number of nitriles is 2. The summed E-state index contributed by atoms with van der Waals surface area (Å²) in [6.45, 7) is 5.77. The zero-order valence-electron chi connectivity index (χ0n) is 22.3. The van der Waals surface area contributed by atoms with Crippen LogP contribution in [0.5, 0.6) is 11.6 Å². The van der Waals surface area contributed by atoms with E-state index >= 15 is 0 Å². The quantitative estimate of drug-likeness (QED) is 0.394. The van der Waals surface area contributed by atoms with Crippen LogP contribution < -0.4 is 15.0 Å². The van der Waals surface area contributed by atoms with Crippen molar-refractivity contribution in [1.82, 2.24) is 14.3 Å². The molecule has 2 fully saturated rings. The van der Waals surface area contributed by atoms with Crippen molar-refractivity contribution in [3.8, 4) is 23.8 Å². The smallest absolute Gasteiger partial charge is 0.230 e. The molecule has 204 valence electrons. The molecule has 0 amide bonds. The molecule has 1 aliphatic carbocycles. The summed E-state index contributed by atoms with van der Waals surface area (Å²) in [5.41, 5.74) is 4.63. The molecule has 2 aliphatic rings. The number of piperazine rings is 1. The van der Waals surface area contributed by atoms with Crippen LogP contribution in [-0.4, -0.2) is 54.1 Å². The van der Waals surface area contributed by atoms with E-state index in [1.54, 1.807) is 28.7 Å². The van der Waals surface area contributed by atoms with Gasteiger partial charge < -0.3 is 15.0 Å². The van der Waals surface area contributed by atoms with Gasteiger partial charge in [0.1, 0.15) is 11.8 Å². The normalized spacial score (nSPS) is 15.9. The second-order valence-electron chi connectivity index (χ2n) is 9.87. The Kier molecular flexibility index (Phi) is 7.69. The third kappa shape index (κ3) is 5.91. The number of aryl methyl sites for hydroxylation is 2. The molecular formula is C29H29N7O3S. The van der Waals surface area contributed by atoms with Crippen molar-refractivity contribution in [2.24, 2.45) is 0 Å². The maximum atomic E-state index is 12.6. The lowest BCUT2D eigenvalue weighted by Crippen LogP contribution is -2.49. The number of nitrogens with one attached hydrogen (secondary N) is 1. The number of allylic oxidation sites excluding steroid dienone is 1. The minimum Gasteiger partial charge on any atom is -0.438 e. The molecule has 40 heavy (non-hydrogen) atoms. The average Bonchev–Trinajstić information content (AvgIpc) is 3.81. The van der Waals surface area contributed by atoms with Gasteiger partial charge in [-0.1, -0.05) is 0 Å². The number of ether oxygens (including phenoxy) is 1. The monoisotopic (exact) mass is 555 g/mol. The summed E-state index contributed by atoms with van der Waals surface area (Å²) in [6, 6.07) is 15.2. The van der Waals surface area contributed by atoms with Crippen LogP contribution >= 0.6 is 0 Å². The molecule has 2 heterocycles. The maximum Gasteiger partial charge on any atom is 0.230 e. The van der Waals surface area contributed by atoms with E-state index < -0.39 is 10.0 Å². The highest BCUT2D eigenvalue weighted by Gasteiger charge is 2.41. The van der Waals surface area contributed by atoms with Crippen molar-refractivity contribution in [2.75, 3.05) is 36.4 Å². The summed E-state index contributed by atoms with van der Waals surface area (Å²) in [7, 11) is -3.19. The van der Waals surface area contributed by atoms with E-state index in [0.29, 0.717) is 55.0 Å². The molecule has 0 bridgehead atoms. The number of sulfonamides is 1. The van der Waals surface area contributed by atoms with Gasteiger partial charge in [-0.25, -0.2) is 13.4 Å². The van der Waals surface area contributed by atoms with Crippen LogP contribution in [0.3, 0.4) is 0 Å². The summed E-state index contributed by atoms with van der Waals surface area (Å²) in [5.74, 6) is 1.36. The molecule has 1 saturated heterocycles. The Hall–Kier alpha value is -4.45. The number of benzene rings is 2. The lowest BCUT2D eigenvalue weighted by molar-refractivity contribution is 0.384. The predicted molar refractivity (Wildman–Crippen MR) is 153 cm³/mol. The second-order valence-corrected chi connectivity index (χ2v) is 12.1. The van der Waals surface area contributed by atoms with E-state index in [-0.39, 0.29) is 5.25 Å². The average molecular weight is 556 g/mol. The fourth-order valence-electron chi connectivity index (χ4n) is 4.81. The number of hydrogen-bond donors (Lipinski definition) is 1. The number of rotatable bonds is 8. The first kappa shape index (κ1) is 27.1. The van der Waals surface area contributed by atoms with Gasteiger partial charge in [0.2, 0.25) is 21.9 Å². The summed E-state index contributed by atoms with van der Waals surface area (Å²) >= 11 is 0. The maximum absolute atomic E-state index is 12.6.